The fourth-order valence-corrected chi connectivity index (χ4v) is 2.73. The highest BCUT2D eigenvalue weighted by atomic mass is 35.5. The molecular weight excluding hydrogens is 356 g/mol. The van der Waals surface area contributed by atoms with Gasteiger partial charge in [-0.1, -0.05) is 35.9 Å². The zero-order chi connectivity index (χ0) is 18.8. The quantitative estimate of drug-likeness (QED) is 0.664. The van der Waals surface area contributed by atoms with Crippen LogP contribution >= 0.6 is 11.6 Å². The number of rotatable bonds is 3. The number of nitrogens with zero attached hydrogens (tertiary/aromatic N) is 1. The second-order valence-corrected chi connectivity index (χ2v) is 6.04. The van der Waals surface area contributed by atoms with E-state index in [1.54, 1.807) is 43.3 Å². The zero-order valence-electron chi connectivity index (χ0n) is 14.1. The SMILES string of the molecule is COc1ccccc1/C=C1\C(=O)NC(=O)N(c2ccc(C)c(Cl)c2)C1=O. The molecule has 1 N–H and O–H groups in total. The van der Waals surface area contributed by atoms with E-state index in [1.165, 1.54) is 19.3 Å². The van der Waals surface area contributed by atoms with Crippen molar-refractivity contribution in [2.24, 2.45) is 0 Å². The Morgan fingerprint density at radius 2 is 1.85 bits per heavy atom. The second-order valence-electron chi connectivity index (χ2n) is 5.63. The normalized spacial score (nSPS) is 16.0. The van der Waals surface area contributed by atoms with Gasteiger partial charge in [0.2, 0.25) is 0 Å². The van der Waals surface area contributed by atoms with Crippen molar-refractivity contribution < 1.29 is 19.1 Å². The van der Waals surface area contributed by atoms with Crippen LogP contribution in [0.2, 0.25) is 5.02 Å². The summed E-state index contributed by atoms with van der Waals surface area (Å²) in [5.41, 5.74) is 1.46. The van der Waals surface area contributed by atoms with Crippen LogP contribution in [0.3, 0.4) is 0 Å². The number of halogens is 1. The number of hydrogen-bond donors (Lipinski definition) is 1. The number of amides is 4. The number of benzene rings is 2. The van der Waals surface area contributed by atoms with Crippen molar-refractivity contribution in [1.82, 2.24) is 5.32 Å². The number of anilines is 1. The van der Waals surface area contributed by atoms with Crippen LogP contribution in [-0.4, -0.2) is 25.0 Å². The molecule has 0 aliphatic carbocycles. The van der Waals surface area contributed by atoms with Crippen molar-refractivity contribution >= 4 is 41.2 Å². The van der Waals surface area contributed by atoms with E-state index in [4.69, 9.17) is 16.3 Å². The van der Waals surface area contributed by atoms with E-state index in [9.17, 15) is 14.4 Å². The number of aryl methyl sites for hydroxylation is 1. The molecule has 4 amide bonds. The second kappa shape index (κ2) is 7.01. The minimum atomic E-state index is -0.822. The Balaban J connectivity index is 2.05. The van der Waals surface area contributed by atoms with Gasteiger partial charge < -0.3 is 4.74 Å². The van der Waals surface area contributed by atoms with Crippen LogP contribution in [0.15, 0.2) is 48.0 Å². The van der Waals surface area contributed by atoms with Crippen molar-refractivity contribution in [3.8, 4) is 5.75 Å². The van der Waals surface area contributed by atoms with Gasteiger partial charge in [0, 0.05) is 10.6 Å². The highest BCUT2D eigenvalue weighted by Gasteiger charge is 2.37. The van der Waals surface area contributed by atoms with Gasteiger partial charge in [0.05, 0.1) is 12.8 Å². The molecule has 7 heteroatoms. The maximum absolute atomic E-state index is 12.8. The number of barbiturate groups is 1. The highest BCUT2D eigenvalue weighted by Crippen LogP contribution is 2.28. The van der Waals surface area contributed by atoms with Gasteiger partial charge in [-0.05, 0) is 36.8 Å². The number of ether oxygens (including phenoxy) is 1. The molecule has 0 spiro atoms. The predicted octanol–water partition coefficient (Wildman–Crippen LogP) is 3.32. The predicted molar refractivity (Wildman–Crippen MR) is 98.2 cm³/mol. The molecule has 6 nitrogen and oxygen atoms in total. The lowest BCUT2D eigenvalue weighted by Crippen LogP contribution is -2.54. The van der Waals surface area contributed by atoms with Gasteiger partial charge in [-0.2, -0.15) is 0 Å². The number of para-hydroxylation sites is 1. The first-order valence-corrected chi connectivity index (χ1v) is 8.11. The van der Waals surface area contributed by atoms with Crippen molar-refractivity contribution in [1.29, 1.82) is 0 Å². The number of nitrogens with one attached hydrogen (secondary N) is 1. The summed E-state index contributed by atoms with van der Waals surface area (Å²) in [7, 11) is 1.49. The lowest BCUT2D eigenvalue weighted by Gasteiger charge is -2.26. The molecule has 0 aromatic heterocycles. The molecule has 3 rings (SSSR count). The maximum Gasteiger partial charge on any atom is 0.335 e. The number of methoxy groups -OCH3 is 1. The number of carbonyl (C=O) groups excluding carboxylic acids is 3. The third-order valence-corrected chi connectivity index (χ3v) is 4.36. The monoisotopic (exact) mass is 370 g/mol. The molecule has 26 heavy (non-hydrogen) atoms. The van der Waals surface area contributed by atoms with Crippen molar-refractivity contribution in [3.63, 3.8) is 0 Å². The fraction of sp³-hybridized carbons (Fsp3) is 0.105. The standard InChI is InChI=1S/C19H15ClN2O4/c1-11-7-8-13(10-15(11)20)22-18(24)14(17(23)21-19(22)25)9-12-5-3-4-6-16(12)26-2/h3-10H,1-2H3,(H,21,23,25)/b14-9+. The van der Waals surface area contributed by atoms with Gasteiger partial charge in [0.1, 0.15) is 11.3 Å². The maximum atomic E-state index is 12.8. The van der Waals surface area contributed by atoms with Crippen LogP contribution in [0, 0.1) is 6.92 Å². The number of urea groups is 1. The summed E-state index contributed by atoms with van der Waals surface area (Å²) in [5, 5.41) is 2.59. The molecule has 1 fully saturated rings. The zero-order valence-corrected chi connectivity index (χ0v) is 14.8. The lowest BCUT2D eigenvalue weighted by molar-refractivity contribution is -0.122. The van der Waals surface area contributed by atoms with Crippen LogP contribution in [0.25, 0.3) is 6.08 Å². The van der Waals surface area contributed by atoms with Crippen molar-refractivity contribution in [2.75, 3.05) is 12.0 Å². The first-order valence-electron chi connectivity index (χ1n) is 7.73. The summed E-state index contributed by atoms with van der Waals surface area (Å²) in [4.78, 5) is 38.1. The van der Waals surface area contributed by atoms with Gasteiger partial charge in [0.25, 0.3) is 11.8 Å². The number of hydrogen-bond acceptors (Lipinski definition) is 4. The van der Waals surface area contributed by atoms with E-state index >= 15 is 0 Å². The van der Waals surface area contributed by atoms with Crippen molar-refractivity contribution in [2.45, 2.75) is 6.92 Å². The first kappa shape index (κ1) is 17.7. The molecule has 1 aliphatic heterocycles. The van der Waals surface area contributed by atoms with Crippen LogP contribution in [0.4, 0.5) is 10.5 Å². The summed E-state index contributed by atoms with van der Waals surface area (Å²) in [5.74, 6) is -0.993. The third kappa shape index (κ3) is 3.19. The molecular formula is C19H15ClN2O4. The molecule has 132 valence electrons. The molecule has 1 saturated heterocycles. The Kier molecular flexibility index (Phi) is 4.77. The van der Waals surface area contributed by atoms with Gasteiger partial charge in [-0.3, -0.25) is 14.9 Å². The highest BCUT2D eigenvalue weighted by molar-refractivity contribution is 6.39. The largest absolute Gasteiger partial charge is 0.496 e. The Hall–Kier alpha value is -3.12. The number of carbonyl (C=O) groups is 3. The summed E-state index contributed by atoms with van der Waals surface area (Å²) in [6, 6.07) is 10.9. The van der Waals surface area contributed by atoms with E-state index in [-0.39, 0.29) is 11.3 Å². The van der Waals surface area contributed by atoms with Gasteiger partial charge in [-0.25, -0.2) is 9.69 Å². The summed E-state index contributed by atoms with van der Waals surface area (Å²) < 4.78 is 5.23. The Bertz CT molecular complexity index is 952. The smallest absolute Gasteiger partial charge is 0.335 e. The molecule has 2 aromatic rings. The molecule has 1 heterocycles. The molecule has 1 aliphatic rings. The van der Waals surface area contributed by atoms with Crippen LogP contribution in [0.5, 0.6) is 5.75 Å². The fourth-order valence-electron chi connectivity index (χ4n) is 2.55. The topological polar surface area (TPSA) is 75.7 Å². The Morgan fingerprint density at radius 1 is 1.12 bits per heavy atom. The average Bonchev–Trinajstić information content (AvgIpc) is 2.61. The van der Waals surface area contributed by atoms with Gasteiger partial charge in [-0.15, -0.1) is 0 Å². The molecule has 0 atom stereocenters. The van der Waals surface area contributed by atoms with E-state index in [0.29, 0.717) is 16.3 Å². The average molecular weight is 371 g/mol. The molecule has 2 aromatic carbocycles. The molecule has 0 bridgehead atoms. The molecule has 0 unspecified atom stereocenters. The van der Waals surface area contributed by atoms with Crippen LogP contribution in [0.1, 0.15) is 11.1 Å². The van der Waals surface area contributed by atoms with Crippen molar-refractivity contribution in [3.05, 3.63) is 64.2 Å². The summed E-state index contributed by atoms with van der Waals surface area (Å²) in [6.07, 6.45) is 1.39. The molecule has 0 saturated carbocycles. The van der Waals surface area contributed by atoms with Crippen LogP contribution < -0.4 is 15.0 Å². The summed E-state index contributed by atoms with van der Waals surface area (Å²) in [6.45, 7) is 1.81. The number of imide groups is 2. The molecule has 0 radical (unpaired) electrons. The Morgan fingerprint density at radius 3 is 2.54 bits per heavy atom. The minimum absolute atomic E-state index is 0.175. The van der Waals surface area contributed by atoms with Gasteiger partial charge >= 0.3 is 6.03 Å². The lowest BCUT2D eigenvalue weighted by atomic mass is 10.1. The van der Waals surface area contributed by atoms with Gasteiger partial charge in [0.15, 0.2) is 0 Å². The Labute approximate surface area is 155 Å². The third-order valence-electron chi connectivity index (χ3n) is 3.95. The summed E-state index contributed by atoms with van der Waals surface area (Å²) >= 11 is 6.10. The van der Waals surface area contributed by atoms with Crippen LogP contribution in [-0.2, 0) is 9.59 Å². The van der Waals surface area contributed by atoms with E-state index in [2.05, 4.69) is 5.32 Å². The first-order chi connectivity index (χ1) is 12.4. The minimum Gasteiger partial charge on any atom is -0.496 e. The van der Waals surface area contributed by atoms with E-state index < -0.39 is 17.8 Å². The van der Waals surface area contributed by atoms with E-state index in [1.807, 2.05) is 0 Å². The van der Waals surface area contributed by atoms with E-state index in [0.717, 1.165) is 10.5 Å².